The minimum atomic E-state index is -3.61. The molecule has 9 heteroatoms. The Labute approximate surface area is 200 Å². The van der Waals surface area contributed by atoms with Gasteiger partial charge in [-0.25, -0.2) is 18.2 Å². The molecule has 0 saturated carbocycles. The van der Waals surface area contributed by atoms with Crippen molar-refractivity contribution in [2.24, 2.45) is 12.5 Å². The first-order valence-electron chi connectivity index (χ1n) is 11.9. The molecule has 1 fully saturated rings. The van der Waals surface area contributed by atoms with Gasteiger partial charge in [0, 0.05) is 44.7 Å². The van der Waals surface area contributed by atoms with Crippen LogP contribution in [0.25, 0.3) is 11.2 Å². The Morgan fingerprint density at radius 1 is 1.18 bits per heavy atom. The van der Waals surface area contributed by atoms with Crippen LogP contribution in [0.4, 0.5) is 0 Å². The maximum absolute atomic E-state index is 13.4. The number of aromatic nitrogens is 3. The van der Waals surface area contributed by atoms with Crippen molar-refractivity contribution in [3.8, 4) is 5.75 Å². The zero-order valence-corrected chi connectivity index (χ0v) is 21.1. The minimum absolute atomic E-state index is 0.0215. The molecule has 0 amide bonds. The molecule has 182 valence electrons. The predicted octanol–water partition coefficient (Wildman–Crippen LogP) is 3.28. The Morgan fingerprint density at radius 2 is 1.97 bits per heavy atom. The van der Waals surface area contributed by atoms with Crippen LogP contribution in [0.15, 0.2) is 40.0 Å². The third-order valence-electron chi connectivity index (χ3n) is 6.74. The second-order valence-electron chi connectivity index (χ2n) is 10.6. The van der Waals surface area contributed by atoms with Crippen LogP contribution in [0.3, 0.4) is 0 Å². The summed E-state index contributed by atoms with van der Waals surface area (Å²) in [6.07, 6.45) is 2.36. The number of fused-ring (bicyclic) bond motifs is 2. The molecule has 0 aliphatic carbocycles. The summed E-state index contributed by atoms with van der Waals surface area (Å²) in [5.74, 6) is 0.753. The van der Waals surface area contributed by atoms with E-state index in [0.717, 1.165) is 41.8 Å². The summed E-state index contributed by atoms with van der Waals surface area (Å²) in [6, 6.07) is 9.06. The van der Waals surface area contributed by atoms with Gasteiger partial charge >= 0.3 is 5.69 Å². The van der Waals surface area contributed by atoms with Gasteiger partial charge in [0.05, 0.1) is 17.0 Å². The highest BCUT2D eigenvalue weighted by Crippen LogP contribution is 2.33. The van der Waals surface area contributed by atoms with Crippen molar-refractivity contribution in [3.05, 3.63) is 52.1 Å². The second kappa shape index (κ2) is 8.23. The third kappa shape index (κ3) is 4.05. The van der Waals surface area contributed by atoms with Gasteiger partial charge in [-0.3, -0.25) is 9.13 Å². The number of ether oxygens (including phenoxy) is 1. The average molecular weight is 485 g/mol. The molecule has 1 atom stereocenters. The van der Waals surface area contributed by atoms with Gasteiger partial charge in [-0.2, -0.15) is 4.31 Å². The second-order valence-corrected chi connectivity index (χ2v) is 12.6. The maximum atomic E-state index is 13.4. The Kier molecular flexibility index (Phi) is 5.60. The van der Waals surface area contributed by atoms with E-state index in [0.29, 0.717) is 36.8 Å². The lowest BCUT2D eigenvalue weighted by Crippen LogP contribution is -2.39. The van der Waals surface area contributed by atoms with Gasteiger partial charge in [0.2, 0.25) is 10.0 Å². The molecule has 5 rings (SSSR count). The Hall–Kier alpha value is -2.65. The highest BCUT2D eigenvalue weighted by Gasteiger charge is 2.32. The minimum Gasteiger partial charge on any atom is -0.493 e. The summed E-state index contributed by atoms with van der Waals surface area (Å²) < 4.78 is 37.3. The summed E-state index contributed by atoms with van der Waals surface area (Å²) in [5.41, 5.74) is 3.11. The van der Waals surface area contributed by atoms with E-state index in [4.69, 9.17) is 9.72 Å². The molecule has 0 bridgehead atoms. The first-order valence-corrected chi connectivity index (χ1v) is 13.3. The van der Waals surface area contributed by atoms with Gasteiger partial charge in [-0.1, -0.05) is 20.8 Å². The van der Waals surface area contributed by atoms with Crippen LogP contribution in [-0.2, 0) is 30.0 Å². The van der Waals surface area contributed by atoms with Crippen molar-refractivity contribution in [1.82, 2.24) is 18.4 Å². The van der Waals surface area contributed by atoms with Crippen LogP contribution in [-0.4, -0.2) is 46.5 Å². The van der Waals surface area contributed by atoms with Gasteiger partial charge in [-0.15, -0.1) is 0 Å². The van der Waals surface area contributed by atoms with Crippen LogP contribution in [0.1, 0.15) is 50.8 Å². The molecule has 8 nitrogen and oxygen atoms in total. The number of imidazole rings is 1. The van der Waals surface area contributed by atoms with Crippen molar-refractivity contribution in [1.29, 1.82) is 0 Å². The molecule has 0 spiro atoms. The zero-order valence-electron chi connectivity index (χ0n) is 20.2. The molecule has 1 aromatic carbocycles. The normalized spacial score (nSPS) is 19.4. The standard InChI is InChI=1S/C25H32N4O4S/c1-25(2,3)16-29-21-9-8-20(26-23(21)27(4)24(29)30)18-6-5-12-28(15-18)34(31,32)19-7-10-22-17(14-19)11-13-33-22/h7-10,14,18H,5-6,11-13,15-16H2,1-4H3. The number of rotatable bonds is 4. The fourth-order valence-electron chi connectivity index (χ4n) is 5.02. The van der Waals surface area contributed by atoms with Crippen molar-refractivity contribution < 1.29 is 13.2 Å². The number of pyridine rings is 1. The van der Waals surface area contributed by atoms with Crippen LogP contribution >= 0.6 is 0 Å². The van der Waals surface area contributed by atoms with Gasteiger partial charge in [0.1, 0.15) is 5.75 Å². The molecule has 2 aromatic heterocycles. The molecule has 1 unspecified atom stereocenters. The van der Waals surface area contributed by atoms with Gasteiger partial charge in [-0.05, 0) is 54.2 Å². The number of sulfonamides is 1. The number of nitrogens with zero attached hydrogens (tertiary/aromatic N) is 4. The number of hydrogen-bond acceptors (Lipinski definition) is 5. The highest BCUT2D eigenvalue weighted by atomic mass is 32.2. The Bertz CT molecular complexity index is 1420. The van der Waals surface area contributed by atoms with E-state index < -0.39 is 10.0 Å². The van der Waals surface area contributed by atoms with Crippen LogP contribution < -0.4 is 10.4 Å². The van der Waals surface area contributed by atoms with Crippen LogP contribution in [0.5, 0.6) is 5.75 Å². The van der Waals surface area contributed by atoms with Crippen molar-refractivity contribution in [2.45, 2.75) is 57.4 Å². The number of aryl methyl sites for hydroxylation is 1. The topological polar surface area (TPSA) is 86.4 Å². The van der Waals surface area contributed by atoms with Crippen molar-refractivity contribution in [3.63, 3.8) is 0 Å². The van der Waals surface area contributed by atoms with E-state index >= 15 is 0 Å². The SMILES string of the molecule is Cn1c(=O)n(CC(C)(C)C)c2ccc(C3CCCN(S(=O)(=O)c4ccc5c(c4)CCO5)C3)nc21. The van der Waals surface area contributed by atoms with Crippen LogP contribution in [0.2, 0.25) is 0 Å². The van der Waals surface area contributed by atoms with E-state index in [1.165, 1.54) is 0 Å². The smallest absolute Gasteiger partial charge is 0.330 e. The third-order valence-corrected chi connectivity index (χ3v) is 8.60. The van der Waals surface area contributed by atoms with E-state index in [1.807, 2.05) is 12.1 Å². The molecular formula is C25H32N4O4S. The lowest BCUT2D eigenvalue weighted by Gasteiger charge is -2.31. The number of piperidine rings is 1. The van der Waals surface area contributed by atoms with Crippen molar-refractivity contribution >= 4 is 21.2 Å². The lowest BCUT2D eigenvalue weighted by molar-refractivity contribution is 0.313. The first-order chi connectivity index (χ1) is 16.0. The van der Waals surface area contributed by atoms with E-state index in [1.54, 1.807) is 38.7 Å². The monoisotopic (exact) mass is 484 g/mol. The van der Waals surface area contributed by atoms with E-state index in [2.05, 4.69) is 20.8 Å². The van der Waals surface area contributed by atoms with Gasteiger partial charge < -0.3 is 4.74 Å². The fraction of sp³-hybridized carbons (Fsp3) is 0.520. The number of benzene rings is 1. The predicted molar refractivity (Wildman–Crippen MR) is 131 cm³/mol. The van der Waals surface area contributed by atoms with Crippen LogP contribution in [0, 0.1) is 5.41 Å². The summed E-state index contributed by atoms with van der Waals surface area (Å²) in [7, 11) is -1.86. The lowest BCUT2D eigenvalue weighted by atomic mass is 9.95. The quantitative estimate of drug-likeness (QED) is 0.567. The molecule has 34 heavy (non-hydrogen) atoms. The summed E-state index contributed by atoms with van der Waals surface area (Å²) >= 11 is 0. The molecule has 0 radical (unpaired) electrons. The van der Waals surface area contributed by atoms with E-state index in [9.17, 15) is 13.2 Å². The molecule has 4 heterocycles. The van der Waals surface area contributed by atoms with Crippen molar-refractivity contribution in [2.75, 3.05) is 19.7 Å². The Balaban J connectivity index is 1.44. The van der Waals surface area contributed by atoms with Gasteiger partial charge in [0.25, 0.3) is 0 Å². The zero-order chi connectivity index (χ0) is 24.3. The van der Waals surface area contributed by atoms with E-state index in [-0.39, 0.29) is 17.0 Å². The molecule has 1 saturated heterocycles. The molecule has 0 N–H and O–H groups in total. The molecule has 3 aromatic rings. The number of hydrogen-bond donors (Lipinski definition) is 0. The first kappa shape index (κ1) is 23.1. The van der Waals surface area contributed by atoms with Gasteiger partial charge in [0.15, 0.2) is 5.65 Å². The maximum Gasteiger partial charge on any atom is 0.330 e. The molecule has 2 aliphatic heterocycles. The molecule has 2 aliphatic rings. The average Bonchev–Trinajstić information content (AvgIpc) is 3.36. The molecular weight excluding hydrogens is 452 g/mol. The summed E-state index contributed by atoms with van der Waals surface area (Å²) in [5, 5.41) is 0. The largest absolute Gasteiger partial charge is 0.493 e. The summed E-state index contributed by atoms with van der Waals surface area (Å²) in [6.45, 7) is 8.38. The highest BCUT2D eigenvalue weighted by molar-refractivity contribution is 7.89. The Morgan fingerprint density at radius 3 is 2.74 bits per heavy atom. The fourth-order valence-corrected chi connectivity index (χ4v) is 6.59. The summed E-state index contributed by atoms with van der Waals surface area (Å²) in [4.78, 5) is 18.0.